The average Bonchev–Trinajstić information content (AvgIpc) is 2.63. The predicted molar refractivity (Wildman–Crippen MR) is 72.5 cm³/mol. The summed E-state index contributed by atoms with van der Waals surface area (Å²) < 4.78 is 1.03. The number of benzene rings is 1. The lowest BCUT2D eigenvalue weighted by molar-refractivity contribution is -0.143. The van der Waals surface area contributed by atoms with Crippen LogP contribution in [0.25, 0.3) is 0 Å². The van der Waals surface area contributed by atoms with Gasteiger partial charge in [-0.15, -0.1) is 12.4 Å². The lowest BCUT2D eigenvalue weighted by Crippen LogP contribution is -2.45. The zero-order valence-corrected chi connectivity index (χ0v) is 11.6. The molecule has 3 nitrogen and oxygen atoms in total. The zero-order valence-electron chi connectivity index (χ0n) is 9.23. The molecule has 0 unspecified atom stereocenters. The third-order valence-electron chi connectivity index (χ3n) is 3.32. The number of carbonyl (C=O) groups is 1. The fourth-order valence-electron chi connectivity index (χ4n) is 2.29. The van der Waals surface area contributed by atoms with E-state index in [1.54, 1.807) is 0 Å². The monoisotopic (exact) mass is 319 g/mol. The number of aliphatic carboxylic acids is 1. The van der Waals surface area contributed by atoms with E-state index in [4.69, 9.17) is 10.8 Å². The Balaban J connectivity index is 0.00000144. The van der Waals surface area contributed by atoms with Gasteiger partial charge in [-0.05, 0) is 42.9 Å². The average molecular weight is 321 g/mol. The molecule has 0 bridgehead atoms. The van der Waals surface area contributed by atoms with Gasteiger partial charge in [-0.25, -0.2) is 0 Å². The molecule has 1 aromatic rings. The molecule has 1 saturated carbocycles. The SMILES string of the molecule is Cl.N[C@]1(C(=O)O)CC[C@H](c2ccc(Br)cc2)C1. The molecule has 17 heavy (non-hydrogen) atoms. The molecule has 0 spiro atoms. The summed E-state index contributed by atoms with van der Waals surface area (Å²) in [6.07, 6.45) is 1.94. The van der Waals surface area contributed by atoms with Crippen LogP contribution in [0.2, 0.25) is 0 Å². The Hall–Kier alpha value is -0.580. The Kier molecular flexibility index (Phi) is 4.58. The predicted octanol–water partition coefficient (Wildman–Crippen LogP) is 2.92. The normalized spacial score (nSPS) is 27.5. The molecule has 1 aliphatic rings. The van der Waals surface area contributed by atoms with Crippen molar-refractivity contribution < 1.29 is 9.90 Å². The lowest BCUT2D eigenvalue weighted by atomic mass is 9.93. The lowest BCUT2D eigenvalue weighted by Gasteiger charge is -2.18. The maximum absolute atomic E-state index is 11.0. The molecule has 2 atom stereocenters. The third-order valence-corrected chi connectivity index (χ3v) is 3.85. The fourth-order valence-corrected chi connectivity index (χ4v) is 2.55. The van der Waals surface area contributed by atoms with Crippen LogP contribution < -0.4 is 5.73 Å². The van der Waals surface area contributed by atoms with Crippen molar-refractivity contribution >= 4 is 34.3 Å². The van der Waals surface area contributed by atoms with E-state index < -0.39 is 11.5 Å². The second-order valence-corrected chi connectivity index (χ2v) is 5.37. The Bertz CT molecular complexity index is 409. The number of rotatable bonds is 2. The highest BCUT2D eigenvalue weighted by Gasteiger charge is 2.42. The summed E-state index contributed by atoms with van der Waals surface area (Å²) in [5, 5.41) is 9.05. The highest BCUT2D eigenvalue weighted by Crippen LogP contribution is 2.39. The quantitative estimate of drug-likeness (QED) is 0.880. The molecule has 0 aliphatic heterocycles. The summed E-state index contributed by atoms with van der Waals surface area (Å²) >= 11 is 3.38. The van der Waals surface area contributed by atoms with Crippen LogP contribution >= 0.6 is 28.3 Å². The topological polar surface area (TPSA) is 63.3 Å². The number of carboxylic acid groups (broad SMARTS) is 1. The third kappa shape index (κ3) is 3.00. The molecule has 0 radical (unpaired) electrons. The van der Waals surface area contributed by atoms with Crippen molar-refractivity contribution in [2.45, 2.75) is 30.7 Å². The summed E-state index contributed by atoms with van der Waals surface area (Å²) in [5.41, 5.74) is 6.00. The van der Waals surface area contributed by atoms with Gasteiger partial charge in [-0.2, -0.15) is 0 Å². The highest BCUT2D eigenvalue weighted by molar-refractivity contribution is 9.10. The smallest absolute Gasteiger partial charge is 0.323 e. The van der Waals surface area contributed by atoms with Crippen LogP contribution in [0.3, 0.4) is 0 Å². The van der Waals surface area contributed by atoms with Crippen LogP contribution in [-0.2, 0) is 4.79 Å². The van der Waals surface area contributed by atoms with Crippen LogP contribution in [0.4, 0.5) is 0 Å². The largest absolute Gasteiger partial charge is 0.480 e. The van der Waals surface area contributed by atoms with Crippen molar-refractivity contribution in [3.05, 3.63) is 34.3 Å². The van der Waals surface area contributed by atoms with Crippen molar-refractivity contribution in [1.82, 2.24) is 0 Å². The Morgan fingerprint density at radius 1 is 1.41 bits per heavy atom. The van der Waals surface area contributed by atoms with Crippen LogP contribution in [0.1, 0.15) is 30.7 Å². The molecule has 0 amide bonds. The van der Waals surface area contributed by atoms with E-state index in [-0.39, 0.29) is 18.3 Å². The second kappa shape index (κ2) is 5.38. The van der Waals surface area contributed by atoms with Crippen molar-refractivity contribution in [2.24, 2.45) is 5.73 Å². The molecule has 5 heteroatoms. The van der Waals surface area contributed by atoms with Crippen molar-refractivity contribution in [2.75, 3.05) is 0 Å². The van der Waals surface area contributed by atoms with E-state index in [0.29, 0.717) is 12.8 Å². The molecule has 0 aromatic heterocycles. The van der Waals surface area contributed by atoms with Crippen LogP contribution in [0, 0.1) is 0 Å². The summed E-state index contributed by atoms with van der Waals surface area (Å²) in [6, 6.07) is 8.02. The van der Waals surface area contributed by atoms with Gasteiger partial charge in [0.25, 0.3) is 0 Å². The molecule has 1 aromatic carbocycles. The highest BCUT2D eigenvalue weighted by atomic mass is 79.9. The van der Waals surface area contributed by atoms with Crippen molar-refractivity contribution in [1.29, 1.82) is 0 Å². The number of carboxylic acids is 1. The minimum Gasteiger partial charge on any atom is -0.480 e. The number of nitrogens with two attached hydrogens (primary N) is 1. The molecule has 94 valence electrons. The first-order valence-corrected chi connectivity index (χ1v) is 6.08. The number of halogens is 2. The van der Waals surface area contributed by atoms with Crippen LogP contribution in [0.5, 0.6) is 0 Å². The van der Waals surface area contributed by atoms with Gasteiger partial charge in [0.05, 0.1) is 0 Å². The first-order chi connectivity index (χ1) is 7.51. The van der Waals surface area contributed by atoms with Crippen LogP contribution in [-0.4, -0.2) is 16.6 Å². The zero-order chi connectivity index (χ0) is 11.8. The first kappa shape index (κ1) is 14.5. The van der Waals surface area contributed by atoms with Crippen molar-refractivity contribution in [3.63, 3.8) is 0 Å². The van der Waals surface area contributed by atoms with Gasteiger partial charge in [0, 0.05) is 4.47 Å². The van der Waals surface area contributed by atoms with E-state index in [1.807, 2.05) is 24.3 Å². The molecule has 3 N–H and O–H groups in total. The summed E-state index contributed by atoms with van der Waals surface area (Å²) in [7, 11) is 0. The van der Waals surface area contributed by atoms with Gasteiger partial charge in [-0.1, -0.05) is 28.1 Å². The maximum Gasteiger partial charge on any atom is 0.323 e. The molecular weight excluding hydrogens is 305 g/mol. The second-order valence-electron chi connectivity index (χ2n) is 4.45. The molecule has 1 fully saturated rings. The molecule has 1 aliphatic carbocycles. The Labute approximate surface area is 115 Å². The summed E-state index contributed by atoms with van der Waals surface area (Å²) in [5.74, 6) is -0.610. The van der Waals surface area contributed by atoms with E-state index in [2.05, 4.69) is 15.9 Å². The number of hydrogen-bond acceptors (Lipinski definition) is 2. The minimum atomic E-state index is -1.03. The van der Waals surface area contributed by atoms with E-state index in [1.165, 1.54) is 5.56 Å². The van der Waals surface area contributed by atoms with Gasteiger partial charge in [0.2, 0.25) is 0 Å². The van der Waals surface area contributed by atoms with Crippen LogP contribution in [0.15, 0.2) is 28.7 Å². The van der Waals surface area contributed by atoms with Gasteiger partial charge in [0.1, 0.15) is 5.54 Å². The van der Waals surface area contributed by atoms with Crippen molar-refractivity contribution in [3.8, 4) is 0 Å². The van der Waals surface area contributed by atoms with Gasteiger partial charge in [0.15, 0.2) is 0 Å². The molecule has 0 heterocycles. The minimum absolute atomic E-state index is 0. The first-order valence-electron chi connectivity index (χ1n) is 5.29. The fraction of sp³-hybridized carbons (Fsp3) is 0.417. The van der Waals surface area contributed by atoms with Gasteiger partial charge in [-0.3, -0.25) is 4.79 Å². The van der Waals surface area contributed by atoms with E-state index in [9.17, 15) is 4.79 Å². The Morgan fingerprint density at radius 2 is 2.00 bits per heavy atom. The van der Waals surface area contributed by atoms with Gasteiger partial charge >= 0.3 is 5.97 Å². The summed E-state index contributed by atoms with van der Waals surface area (Å²) in [6.45, 7) is 0. The maximum atomic E-state index is 11.0. The molecular formula is C12H15BrClNO2. The molecule has 2 rings (SSSR count). The van der Waals surface area contributed by atoms with Gasteiger partial charge < -0.3 is 10.8 Å². The molecule has 0 saturated heterocycles. The summed E-state index contributed by atoms with van der Waals surface area (Å²) in [4.78, 5) is 11.0. The Morgan fingerprint density at radius 3 is 2.47 bits per heavy atom. The standard InChI is InChI=1S/C12H14BrNO2.ClH/c13-10-3-1-8(2-4-10)9-5-6-12(14,7-9)11(15)16;/h1-4,9H,5-7,14H2,(H,15,16);1H/t9-,12+;/m0./s1. The number of hydrogen-bond donors (Lipinski definition) is 2. The van der Waals surface area contributed by atoms with E-state index in [0.717, 1.165) is 10.9 Å². The van der Waals surface area contributed by atoms with E-state index >= 15 is 0 Å².